The minimum atomic E-state index is -3.80. The molecule has 0 spiro atoms. The van der Waals surface area contributed by atoms with Crippen LogP contribution in [-0.4, -0.2) is 71.7 Å². The van der Waals surface area contributed by atoms with E-state index in [1.807, 2.05) is 0 Å². The third kappa shape index (κ3) is 4.53. The number of esters is 1. The summed E-state index contributed by atoms with van der Waals surface area (Å²) in [6.45, 7) is 1.03. The van der Waals surface area contributed by atoms with Gasteiger partial charge in [0.25, 0.3) is 0 Å². The number of fused-ring (bicyclic) bond motifs is 1. The molecule has 1 saturated heterocycles. The lowest BCUT2D eigenvalue weighted by Crippen LogP contribution is -2.53. The first kappa shape index (κ1) is 23.8. The second-order valence-corrected chi connectivity index (χ2v) is 10.4. The summed E-state index contributed by atoms with van der Waals surface area (Å²) in [7, 11) is -3.80. The van der Waals surface area contributed by atoms with E-state index in [2.05, 4.69) is 9.98 Å². The highest BCUT2D eigenvalue weighted by Crippen LogP contribution is 2.41. The summed E-state index contributed by atoms with van der Waals surface area (Å²) in [6.07, 6.45) is 1.56. The quantitative estimate of drug-likeness (QED) is 0.588. The fourth-order valence-corrected chi connectivity index (χ4v) is 6.09. The Morgan fingerprint density at radius 3 is 2.85 bits per heavy atom. The molecule has 1 fully saturated rings. The van der Waals surface area contributed by atoms with E-state index < -0.39 is 33.7 Å². The molecule has 0 aliphatic carbocycles. The highest BCUT2D eigenvalue weighted by Gasteiger charge is 2.44. The molecular weight excluding hydrogens is 495 g/mol. The van der Waals surface area contributed by atoms with Crippen LogP contribution in [0.2, 0.25) is 5.02 Å². The number of ether oxygens (including phenoxy) is 1. The number of hydrogen-bond donors (Lipinski definition) is 1. The highest BCUT2D eigenvalue weighted by molar-refractivity contribution is 7.89. The van der Waals surface area contributed by atoms with Gasteiger partial charge in [0.05, 0.1) is 25.3 Å². The van der Waals surface area contributed by atoms with Gasteiger partial charge in [-0.25, -0.2) is 22.6 Å². The van der Waals surface area contributed by atoms with E-state index in [0.29, 0.717) is 16.3 Å². The van der Waals surface area contributed by atoms with Crippen molar-refractivity contribution in [3.63, 3.8) is 0 Å². The lowest BCUT2D eigenvalue weighted by molar-refractivity contribution is -0.139. The third-order valence-electron chi connectivity index (χ3n) is 5.15. The van der Waals surface area contributed by atoms with E-state index in [1.165, 1.54) is 28.4 Å². The molecule has 2 aliphatic rings. The molecule has 13 heteroatoms. The maximum Gasteiger partial charge on any atom is 0.338 e. The molecule has 176 valence electrons. The summed E-state index contributed by atoms with van der Waals surface area (Å²) in [5.74, 6) is -1.47. The zero-order valence-electron chi connectivity index (χ0n) is 17.4. The van der Waals surface area contributed by atoms with Crippen LogP contribution in [0.4, 0.5) is 4.39 Å². The van der Waals surface area contributed by atoms with E-state index in [9.17, 15) is 22.7 Å². The maximum atomic E-state index is 13.7. The molecule has 1 aromatic heterocycles. The minimum absolute atomic E-state index is 0.0636. The maximum absolute atomic E-state index is 13.7. The molecule has 2 aliphatic heterocycles. The van der Waals surface area contributed by atoms with Crippen molar-refractivity contribution in [2.24, 2.45) is 4.99 Å². The number of carbonyl (C=O) groups excluding carboxylic acids is 1. The van der Waals surface area contributed by atoms with Crippen LogP contribution < -0.4 is 0 Å². The number of benzene rings is 1. The standard InChI is InChI=1S/C20H20ClFN4O5S2/c1-2-31-20(28)16-15-10-25(6-7-27)33(29,30)11-26(15)18(19-23-5-8-32-19)24-17(16)13-4-3-12(22)9-14(13)21/h3-5,8-9,17,27H,2,6-7,10-11H2,1H3/t17-/m0/s1. The van der Waals surface area contributed by atoms with Crippen LogP contribution >= 0.6 is 22.9 Å². The lowest BCUT2D eigenvalue weighted by atomic mass is 9.94. The van der Waals surface area contributed by atoms with Crippen LogP contribution in [0.25, 0.3) is 0 Å². The minimum Gasteiger partial charge on any atom is -0.463 e. The summed E-state index contributed by atoms with van der Waals surface area (Å²) in [6, 6.07) is 2.80. The van der Waals surface area contributed by atoms with E-state index in [-0.39, 0.29) is 42.7 Å². The molecule has 33 heavy (non-hydrogen) atoms. The molecule has 4 rings (SSSR count). The Bertz CT molecular complexity index is 1230. The Morgan fingerprint density at radius 2 is 2.21 bits per heavy atom. The van der Waals surface area contributed by atoms with Crippen molar-refractivity contribution < 1.29 is 27.4 Å². The number of halogens is 2. The smallest absolute Gasteiger partial charge is 0.338 e. The van der Waals surface area contributed by atoms with Gasteiger partial charge in [0.2, 0.25) is 10.0 Å². The lowest BCUT2D eigenvalue weighted by Gasteiger charge is -2.41. The summed E-state index contributed by atoms with van der Waals surface area (Å²) in [4.78, 5) is 23.5. The van der Waals surface area contributed by atoms with Gasteiger partial charge >= 0.3 is 5.97 Å². The number of nitrogens with zero attached hydrogens (tertiary/aromatic N) is 4. The summed E-state index contributed by atoms with van der Waals surface area (Å²) < 4.78 is 45.9. The molecule has 0 bridgehead atoms. The Hall–Kier alpha value is -2.38. The molecule has 0 radical (unpaired) electrons. The van der Waals surface area contributed by atoms with Gasteiger partial charge in [0.1, 0.15) is 17.7 Å². The van der Waals surface area contributed by atoms with Gasteiger partial charge < -0.3 is 14.7 Å². The van der Waals surface area contributed by atoms with Crippen molar-refractivity contribution in [2.45, 2.75) is 13.0 Å². The van der Waals surface area contributed by atoms with Gasteiger partial charge in [-0.1, -0.05) is 17.7 Å². The SMILES string of the molecule is CCOC(=O)C1=C2CN(CCO)S(=O)(=O)CN2C(c2nccs2)=N[C@H]1c1ccc(F)cc1Cl. The van der Waals surface area contributed by atoms with Crippen molar-refractivity contribution in [1.29, 1.82) is 0 Å². The average Bonchev–Trinajstić information content (AvgIpc) is 3.28. The molecule has 1 atom stereocenters. The second kappa shape index (κ2) is 9.47. The summed E-state index contributed by atoms with van der Waals surface area (Å²) in [5.41, 5.74) is 0.815. The Balaban J connectivity index is 1.96. The van der Waals surface area contributed by atoms with E-state index in [4.69, 9.17) is 16.3 Å². The molecule has 9 nitrogen and oxygen atoms in total. The second-order valence-electron chi connectivity index (χ2n) is 7.17. The Labute approximate surface area is 198 Å². The van der Waals surface area contributed by atoms with Gasteiger partial charge in [-0.15, -0.1) is 11.3 Å². The monoisotopic (exact) mass is 514 g/mol. The molecular formula is C20H20ClFN4O5S2. The number of aliphatic hydroxyl groups excluding tert-OH is 1. The summed E-state index contributed by atoms with van der Waals surface area (Å²) >= 11 is 7.59. The number of amidine groups is 1. The topological polar surface area (TPSA) is 112 Å². The van der Waals surface area contributed by atoms with Crippen molar-refractivity contribution in [1.82, 2.24) is 14.2 Å². The number of β-amino-alcohol motifs (C(OH)–C–C–N with tert-alkyl or cyclic N) is 1. The van der Waals surface area contributed by atoms with Crippen LogP contribution in [0.15, 0.2) is 46.0 Å². The van der Waals surface area contributed by atoms with Gasteiger partial charge in [-0.05, 0) is 19.1 Å². The van der Waals surface area contributed by atoms with Crippen molar-refractivity contribution in [3.05, 3.63) is 62.5 Å². The van der Waals surface area contributed by atoms with Crippen LogP contribution in [-0.2, 0) is 19.6 Å². The predicted molar refractivity (Wildman–Crippen MR) is 121 cm³/mol. The first-order valence-corrected chi connectivity index (χ1v) is 12.8. The van der Waals surface area contributed by atoms with Crippen LogP contribution in [0.3, 0.4) is 0 Å². The van der Waals surface area contributed by atoms with E-state index >= 15 is 0 Å². The zero-order chi connectivity index (χ0) is 23.8. The number of rotatable bonds is 6. The van der Waals surface area contributed by atoms with Gasteiger partial charge in [0, 0.05) is 34.4 Å². The number of aliphatic hydroxyl groups is 1. The van der Waals surface area contributed by atoms with Crippen LogP contribution in [0, 0.1) is 5.82 Å². The molecule has 1 N–H and O–H groups in total. The largest absolute Gasteiger partial charge is 0.463 e. The van der Waals surface area contributed by atoms with Crippen molar-refractivity contribution in [3.8, 4) is 0 Å². The number of thiazole rings is 1. The average molecular weight is 515 g/mol. The first-order valence-electron chi connectivity index (χ1n) is 9.95. The van der Waals surface area contributed by atoms with Gasteiger partial charge in [-0.2, -0.15) is 4.31 Å². The molecule has 0 amide bonds. The summed E-state index contributed by atoms with van der Waals surface area (Å²) in [5, 5.41) is 11.6. The molecule has 2 aromatic rings. The normalized spacial score (nSPS) is 20.4. The highest BCUT2D eigenvalue weighted by atomic mass is 35.5. The molecule has 0 unspecified atom stereocenters. The molecule has 3 heterocycles. The number of aliphatic imine (C=N–C) groups is 1. The Morgan fingerprint density at radius 1 is 1.42 bits per heavy atom. The fraction of sp³-hybridized carbons (Fsp3) is 0.350. The number of aromatic nitrogens is 1. The zero-order valence-corrected chi connectivity index (χ0v) is 19.8. The van der Waals surface area contributed by atoms with E-state index in [0.717, 1.165) is 10.4 Å². The molecule has 1 aromatic carbocycles. The number of carbonyl (C=O) groups is 1. The Kier molecular flexibility index (Phi) is 6.82. The van der Waals surface area contributed by atoms with Crippen LogP contribution in [0.1, 0.15) is 23.5 Å². The van der Waals surface area contributed by atoms with E-state index in [1.54, 1.807) is 18.5 Å². The van der Waals surface area contributed by atoms with Crippen molar-refractivity contribution >= 4 is 44.8 Å². The third-order valence-corrected chi connectivity index (χ3v) is 7.93. The first-order chi connectivity index (χ1) is 15.8. The number of sulfonamides is 1. The van der Waals surface area contributed by atoms with Gasteiger partial charge in [-0.3, -0.25) is 4.99 Å². The van der Waals surface area contributed by atoms with Crippen LogP contribution in [0.5, 0.6) is 0 Å². The molecule has 0 saturated carbocycles. The number of hydrogen-bond acceptors (Lipinski definition) is 9. The van der Waals surface area contributed by atoms with Crippen molar-refractivity contribution in [2.75, 3.05) is 32.2 Å². The van der Waals surface area contributed by atoms with Gasteiger partial charge in [0.15, 0.2) is 10.8 Å². The predicted octanol–water partition coefficient (Wildman–Crippen LogP) is 2.15. The fourth-order valence-electron chi connectivity index (χ4n) is 3.73.